The summed E-state index contributed by atoms with van der Waals surface area (Å²) < 4.78 is 5.82. The van der Waals surface area contributed by atoms with Crippen molar-refractivity contribution >= 4 is 0 Å². The highest BCUT2D eigenvalue weighted by Gasteiger charge is 2.21. The lowest BCUT2D eigenvalue weighted by Gasteiger charge is -2.18. The van der Waals surface area contributed by atoms with Gasteiger partial charge in [0, 0.05) is 31.2 Å². The van der Waals surface area contributed by atoms with Crippen LogP contribution in [0.25, 0.3) is 0 Å². The maximum absolute atomic E-state index is 5.82. The minimum atomic E-state index is 0.733. The molecule has 108 valence electrons. The van der Waals surface area contributed by atoms with Crippen molar-refractivity contribution < 1.29 is 4.42 Å². The second-order valence-electron chi connectivity index (χ2n) is 5.99. The van der Waals surface area contributed by atoms with Gasteiger partial charge in [0.15, 0.2) is 0 Å². The lowest BCUT2D eigenvalue weighted by Crippen LogP contribution is -2.28. The van der Waals surface area contributed by atoms with Crippen LogP contribution in [-0.2, 0) is 13.1 Å². The molecule has 0 spiro atoms. The van der Waals surface area contributed by atoms with Crippen LogP contribution in [0.5, 0.6) is 0 Å². The smallest absolute Gasteiger partial charge is 0.118 e. The Morgan fingerprint density at radius 1 is 1.26 bits per heavy atom. The summed E-state index contributed by atoms with van der Waals surface area (Å²) in [5, 5.41) is 3.49. The summed E-state index contributed by atoms with van der Waals surface area (Å²) in [5.74, 6) is 2.13. The van der Waals surface area contributed by atoms with Gasteiger partial charge in [-0.25, -0.2) is 0 Å². The molecule has 1 heterocycles. The lowest BCUT2D eigenvalue weighted by molar-refractivity contribution is 0.275. The Kier molecular flexibility index (Phi) is 5.02. The zero-order valence-corrected chi connectivity index (χ0v) is 12.7. The second kappa shape index (κ2) is 6.55. The van der Waals surface area contributed by atoms with Crippen LogP contribution >= 0.6 is 0 Å². The van der Waals surface area contributed by atoms with Gasteiger partial charge in [-0.2, -0.15) is 0 Å². The van der Waals surface area contributed by atoms with Crippen molar-refractivity contribution in [2.24, 2.45) is 0 Å². The molecule has 1 fully saturated rings. The number of likely N-dealkylation sites (N-methyl/N-ethyl adjacent to an activating group) is 2. The van der Waals surface area contributed by atoms with E-state index in [9.17, 15) is 0 Å². The Labute approximate surface area is 116 Å². The molecule has 4 heteroatoms. The van der Waals surface area contributed by atoms with Gasteiger partial charge in [0.2, 0.25) is 0 Å². The first kappa shape index (κ1) is 14.6. The van der Waals surface area contributed by atoms with E-state index >= 15 is 0 Å². The number of nitrogens with zero attached hydrogens (tertiary/aromatic N) is 2. The first-order valence-electron chi connectivity index (χ1n) is 7.19. The van der Waals surface area contributed by atoms with Crippen LogP contribution in [0, 0.1) is 6.92 Å². The van der Waals surface area contributed by atoms with Crippen molar-refractivity contribution in [2.75, 3.05) is 34.2 Å². The number of hydrogen-bond donors (Lipinski definition) is 1. The van der Waals surface area contributed by atoms with Crippen molar-refractivity contribution in [3.8, 4) is 0 Å². The van der Waals surface area contributed by atoms with E-state index in [0.29, 0.717) is 0 Å². The van der Waals surface area contributed by atoms with Crippen molar-refractivity contribution in [3.05, 3.63) is 23.2 Å². The van der Waals surface area contributed by atoms with E-state index in [1.165, 1.54) is 18.4 Å². The molecule has 1 aliphatic rings. The van der Waals surface area contributed by atoms with Gasteiger partial charge in [-0.05, 0) is 47.0 Å². The number of aryl methyl sites for hydroxylation is 1. The highest BCUT2D eigenvalue weighted by Crippen LogP contribution is 2.21. The SMILES string of the molecule is Cc1oc(CNC2CC2)cc1CN(C)CCN(C)C. The van der Waals surface area contributed by atoms with Crippen LogP contribution in [0.15, 0.2) is 10.5 Å². The maximum Gasteiger partial charge on any atom is 0.118 e. The van der Waals surface area contributed by atoms with Gasteiger partial charge < -0.3 is 19.5 Å². The summed E-state index contributed by atoms with van der Waals surface area (Å²) in [7, 11) is 6.38. The quantitative estimate of drug-likeness (QED) is 0.777. The number of nitrogens with one attached hydrogen (secondary N) is 1. The Morgan fingerprint density at radius 2 is 2.00 bits per heavy atom. The van der Waals surface area contributed by atoms with Crippen LogP contribution < -0.4 is 5.32 Å². The largest absolute Gasteiger partial charge is 0.465 e. The lowest BCUT2D eigenvalue weighted by atomic mass is 10.2. The third kappa shape index (κ3) is 4.97. The van der Waals surface area contributed by atoms with Crippen LogP contribution in [0.1, 0.15) is 29.9 Å². The van der Waals surface area contributed by atoms with Crippen molar-refractivity contribution in [1.29, 1.82) is 0 Å². The molecule has 19 heavy (non-hydrogen) atoms. The molecule has 1 aliphatic carbocycles. The summed E-state index contributed by atoms with van der Waals surface area (Å²) in [4.78, 5) is 4.56. The monoisotopic (exact) mass is 265 g/mol. The first-order chi connectivity index (χ1) is 9.04. The van der Waals surface area contributed by atoms with Gasteiger partial charge in [-0.1, -0.05) is 0 Å². The van der Waals surface area contributed by atoms with Crippen molar-refractivity contribution in [3.63, 3.8) is 0 Å². The first-order valence-corrected chi connectivity index (χ1v) is 7.19. The highest BCUT2D eigenvalue weighted by molar-refractivity contribution is 5.20. The Hall–Kier alpha value is -0.840. The zero-order valence-electron chi connectivity index (χ0n) is 12.7. The van der Waals surface area contributed by atoms with E-state index in [4.69, 9.17) is 4.42 Å². The fourth-order valence-corrected chi connectivity index (χ4v) is 2.10. The highest BCUT2D eigenvalue weighted by atomic mass is 16.3. The summed E-state index contributed by atoms with van der Waals surface area (Å²) >= 11 is 0. The van der Waals surface area contributed by atoms with Gasteiger partial charge >= 0.3 is 0 Å². The van der Waals surface area contributed by atoms with Gasteiger partial charge in [-0.3, -0.25) is 0 Å². The van der Waals surface area contributed by atoms with E-state index in [-0.39, 0.29) is 0 Å². The van der Waals surface area contributed by atoms with E-state index in [2.05, 4.69) is 49.2 Å². The zero-order chi connectivity index (χ0) is 13.8. The fourth-order valence-electron chi connectivity index (χ4n) is 2.10. The molecule has 0 saturated heterocycles. The molecule has 0 atom stereocenters. The number of hydrogen-bond acceptors (Lipinski definition) is 4. The van der Waals surface area contributed by atoms with Gasteiger partial charge in [0.25, 0.3) is 0 Å². The van der Waals surface area contributed by atoms with Crippen LogP contribution in [-0.4, -0.2) is 50.1 Å². The Balaban J connectivity index is 1.81. The molecule has 1 saturated carbocycles. The molecule has 0 unspecified atom stereocenters. The van der Waals surface area contributed by atoms with E-state index < -0.39 is 0 Å². The van der Waals surface area contributed by atoms with Gasteiger partial charge in [0.05, 0.1) is 6.54 Å². The Morgan fingerprint density at radius 3 is 2.63 bits per heavy atom. The van der Waals surface area contributed by atoms with E-state index in [1.807, 2.05) is 0 Å². The molecule has 0 aliphatic heterocycles. The third-order valence-electron chi connectivity index (χ3n) is 3.58. The molecular formula is C15H27N3O. The molecule has 4 nitrogen and oxygen atoms in total. The summed E-state index contributed by atoms with van der Waals surface area (Å²) in [6, 6.07) is 2.94. The summed E-state index contributed by atoms with van der Waals surface area (Å²) in [6.45, 7) is 6.06. The fraction of sp³-hybridized carbons (Fsp3) is 0.733. The normalized spacial score (nSPS) is 15.7. The Bertz CT molecular complexity index is 396. The van der Waals surface area contributed by atoms with Crippen LogP contribution in [0.2, 0.25) is 0 Å². The third-order valence-corrected chi connectivity index (χ3v) is 3.58. The molecule has 1 aromatic heterocycles. The predicted octanol–water partition coefficient (Wildman–Crippen LogP) is 1.83. The molecule has 0 aromatic carbocycles. The topological polar surface area (TPSA) is 31.7 Å². The van der Waals surface area contributed by atoms with E-state index in [0.717, 1.165) is 43.7 Å². The van der Waals surface area contributed by atoms with Crippen molar-refractivity contribution in [2.45, 2.75) is 38.9 Å². The molecular weight excluding hydrogens is 238 g/mol. The molecule has 2 rings (SSSR count). The number of furan rings is 1. The molecule has 0 bridgehead atoms. The summed E-state index contributed by atoms with van der Waals surface area (Å²) in [6.07, 6.45) is 2.64. The van der Waals surface area contributed by atoms with Gasteiger partial charge in [-0.15, -0.1) is 0 Å². The second-order valence-corrected chi connectivity index (χ2v) is 5.99. The average Bonchev–Trinajstić information content (AvgIpc) is 3.11. The van der Waals surface area contributed by atoms with E-state index in [1.54, 1.807) is 0 Å². The predicted molar refractivity (Wildman–Crippen MR) is 78.2 cm³/mol. The van der Waals surface area contributed by atoms with Crippen LogP contribution in [0.3, 0.4) is 0 Å². The molecule has 0 radical (unpaired) electrons. The van der Waals surface area contributed by atoms with Gasteiger partial charge in [0.1, 0.15) is 11.5 Å². The summed E-state index contributed by atoms with van der Waals surface area (Å²) in [5.41, 5.74) is 1.31. The maximum atomic E-state index is 5.82. The molecule has 1 N–H and O–H groups in total. The average molecular weight is 265 g/mol. The number of rotatable bonds is 8. The minimum absolute atomic E-state index is 0.733. The minimum Gasteiger partial charge on any atom is -0.465 e. The molecule has 1 aromatic rings. The van der Waals surface area contributed by atoms with Crippen LogP contribution in [0.4, 0.5) is 0 Å². The standard InChI is InChI=1S/C15H27N3O/c1-12-13(11-18(4)8-7-17(2)3)9-15(19-12)10-16-14-5-6-14/h9,14,16H,5-8,10-11H2,1-4H3. The van der Waals surface area contributed by atoms with Crippen molar-refractivity contribution in [1.82, 2.24) is 15.1 Å². The molecule has 0 amide bonds.